The third-order valence-corrected chi connectivity index (χ3v) is 4.81. The monoisotopic (exact) mass is 578 g/mol. The van der Waals surface area contributed by atoms with Gasteiger partial charge in [0, 0.05) is 24.3 Å². The highest BCUT2D eigenvalue weighted by Crippen LogP contribution is 2.49. The van der Waals surface area contributed by atoms with Crippen LogP contribution in [-0.4, -0.2) is 19.7 Å². The maximum atomic E-state index is 13.2. The number of nitro benzene ring substituents is 4. The molecule has 20 heteroatoms. The van der Waals surface area contributed by atoms with Gasteiger partial charge in [-0.2, -0.15) is 26.3 Å². The third kappa shape index (κ3) is 5.95. The second-order valence-electron chi connectivity index (χ2n) is 7.36. The first-order chi connectivity index (χ1) is 18.4. The van der Waals surface area contributed by atoms with Crippen molar-refractivity contribution in [3.05, 3.63) is 100 Å². The topological polar surface area (TPSA) is 191 Å². The Morgan fingerprint density at radius 2 is 0.775 bits per heavy atom. The van der Waals surface area contributed by atoms with Crippen molar-refractivity contribution >= 4 is 22.7 Å². The molecule has 0 saturated heterocycles. The number of nitrogens with zero attached hydrogens (tertiary/aromatic N) is 4. The highest BCUT2D eigenvalue weighted by molar-refractivity contribution is 5.66. The summed E-state index contributed by atoms with van der Waals surface area (Å²) < 4.78 is 89.2. The number of benzene rings is 3. The van der Waals surface area contributed by atoms with Crippen molar-refractivity contribution in [3.63, 3.8) is 0 Å². The summed E-state index contributed by atoms with van der Waals surface area (Å²) in [7, 11) is 0. The largest absolute Gasteiger partial charge is 0.440 e. The van der Waals surface area contributed by atoms with Crippen LogP contribution in [0.3, 0.4) is 0 Å². The van der Waals surface area contributed by atoms with Crippen LogP contribution in [0.1, 0.15) is 11.1 Å². The van der Waals surface area contributed by atoms with Crippen LogP contribution in [-0.2, 0) is 12.4 Å². The smallest absolute Gasteiger partial charge is 0.416 e. The normalized spacial score (nSPS) is 11.6. The second-order valence-corrected chi connectivity index (χ2v) is 7.36. The van der Waals surface area contributed by atoms with Gasteiger partial charge >= 0.3 is 35.1 Å². The van der Waals surface area contributed by atoms with E-state index >= 15 is 0 Å². The first-order valence-electron chi connectivity index (χ1n) is 9.94. The molecule has 0 bridgehead atoms. The van der Waals surface area contributed by atoms with Crippen LogP contribution in [0.5, 0.6) is 23.0 Å². The van der Waals surface area contributed by atoms with Gasteiger partial charge in [0.15, 0.2) is 11.5 Å². The Bertz CT molecular complexity index is 1370. The van der Waals surface area contributed by atoms with Gasteiger partial charge in [0.2, 0.25) is 0 Å². The molecule has 3 aromatic rings. The molecular formula is C20H8F6N4O10. The molecule has 0 aliphatic heterocycles. The number of hydrogen-bond acceptors (Lipinski definition) is 10. The number of halogens is 6. The number of nitro groups is 4. The minimum Gasteiger partial charge on any atom is -0.440 e. The van der Waals surface area contributed by atoms with E-state index in [-0.39, 0.29) is 24.3 Å². The van der Waals surface area contributed by atoms with E-state index in [9.17, 15) is 66.8 Å². The fourth-order valence-corrected chi connectivity index (χ4v) is 3.11. The Kier molecular flexibility index (Phi) is 7.47. The molecule has 0 amide bonds. The minimum atomic E-state index is -5.25. The lowest BCUT2D eigenvalue weighted by atomic mass is 10.1. The van der Waals surface area contributed by atoms with Gasteiger partial charge in [0.25, 0.3) is 11.5 Å². The van der Waals surface area contributed by atoms with Crippen LogP contribution < -0.4 is 9.47 Å². The summed E-state index contributed by atoms with van der Waals surface area (Å²) in [5.74, 6) is -4.32. The zero-order chi connectivity index (χ0) is 30.2. The van der Waals surface area contributed by atoms with Crippen molar-refractivity contribution < 1.29 is 55.5 Å². The zero-order valence-electron chi connectivity index (χ0n) is 18.8. The molecule has 3 aromatic carbocycles. The van der Waals surface area contributed by atoms with E-state index in [1.54, 1.807) is 0 Å². The van der Waals surface area contributed by atoms with Crippen molar-refractivity contribution in [1.82, 2.24) is 0 Å². The van der Waals surface area contributed by atoms with Gasteiger partial charge in [-0.05, 0) is 12.1 Å². The van der Waals surface area contributed by atoms with Gasteiger partial charge in [-0.25, -0.2) is 0 Å². The van der Waals surface area contributed by atoms with E-state index in [1.165, 1.54) is 0 Å². The Labute approximate surface area is 214 Å². The van der Waals surface area contributed by atoms with E-state index in [1.807, 2.05) is 0 Å². The highest BCUT2D eigenvalue weighted by Gasteiger charge is 2.40. The van der Waals surface area contributed by atoms with Gasteiger partial charge in [0.05, 0.1) is 30.8 Å². The Morgan fingerprint density at radius 1 is 0.525 bits per heavy atom. The lowest BCUT2D eigenvalue weighted by Crippen LogP contribution is -2.09. The molecule has 14 nitrogen and oxygen atoms in total. The van der Waals surface area contributed by atoms with Crippen LogP contribution in [0, 0.1) is 40.5 Å². The first-order valence-corrected chi connectivity index (χ1v) is 9.94. The maximum Gasteiger partial charge on any atom is 0.416 e. The third-order valence-electron chi connectivity index (χ3n) is 4.81. The molecule has 40 heavy (non-hydrogen) atoms. The molecular weight excluding hydrogens is 570 g/mol. The summed E-state index contributed by atoms with van der Waals surface area (Å²) >= 11 is 0. The molecule has 0 heterocycles. The highest BCUT2D eigenvalue weighted by atomic mass is 19.4. The van der Waals surface area contributed by atoms with Crippen LogP contribution in [0.15, 0.2) is 48.5 Å². The Morgan fingerprint density at radius 3 is 0.975 bits per heavy atom. The molecule has 0 fully saturated rings. The molecule has 3 rings (SSSR count). The average molecular weight is 578 g/mol. The van der Waals surface area contributed by atoms with E-state index in [0.29, 0.717) is 0 Å². The second kappa shape index (κ2) is 10.3. The van der Waals surface area contributed by atoms with E-state index in [0.717, 1.165) is 24.3 Å². The summed E-state index contributed by atoms with van der Waals surface area (Å²) in [5, 5.41) is 45.8. The number of rotatable bonds is 8. The van der Waals surface area contributed by atoms with Crippen molar-refractivity contribution in [1.29, 1.82) is 0 Å². The minimum absolute atomic E-state index is 0.0721. The van der Waals surface area contributed by atoms with Gasteiger partial charge < -0.3 is 9.47 Å². The molecule has 0 radical (unpaired) electrons. The maximum absolute atomic E-state index is 13.2. The standard InChI is InChI=1S/C20H8F6N4O10/c21-19(22,23)9-5-11(27(31)32)17(12(6-9)28(33)34)39-15-3-1-2-4-16(15)40-18-13(29(35)36)7-10(20(24,25)26)8-14(18)30(37)38/h1-8H. The van der Waals surface area contributed by atoms with Crippen LogP contribution >= 0.6 is 0 Å². The molecule has 0 aliphatic carbocycles. The zero-order valence-corrected chi connectivity index (χ0v) is 18.8. The molecule has 0 saturated carbocycles. The average Bonchev–Trinajstić information content (AvgIpc) is 2.83. The predicted octanol–water partition coefficient (Wildman–Crippen LogP) is 6.94. The van der Waals surface area contributed by atoms with Crippen molar-refractivity contribution in [2.45, 2.75) is 12.4 Å². The van der Waals surface area contributed by atoms with Gasteiger partial charge in [-0.3, -0.25) is 40.5 Å². The first kappa shape index (κ1) is 29.0. The fourth-order valence-electron chi connectivity index (χ4n) is 3.11. The fraction of sp³-hybridized carbons (Fsp3) is 0.100. The summed E-state index contributed by atoms with van der Waals surface area (Å²) in [6.45, 7) is 0. The molecule has 210 valence electrons. The van der Waals surface area contributed by atoms with Gasteiger partial charge in [-0.15, -0.1) is 0 Å². The van der Waals surface area contributed by atoms with Gasteiger partial charge in [0.1, 0.15) is 0 Å². The summed E-state index contributed by atoms with van der Waals surface area (Å²) in [6, 6.07) is 3.60. The summed E-state index contributed by atoms with van der Waals surface area (Å²) in [5.41, 5.74) is -9.71. The number of ether oxygens (including phenoxy) is 2. The summed E-state index contributed by atoms with van der Waals surface area (Å²) in [4.78, 5) is 40.1. The van der Waals surface area contributed by atoms with Crippen molar-refractivity contribution in [2.24, 2.45) is 0 Å². The lowest BCUT2D eigenvalue weighted by molar-refractivity contribution is -0.396. The number of hydrogen-bond donors (Lipinski definition) is 0. The van der Waals surface area contributed by atoms with Crippen molar-refractivity contribution in [3.8, 4) is 23.0 Å². The van der Waals surface area contributed by atoms with Crippen LogP contribution in [0.2, 0.25) is 0 Å². The lowest BCUT2D eigenvalue weighted by Gasteiger charge is -2.14. The molecule has 0 atom stereocenters. The van der Waals surface area contributed by atoms with E-state index < -0.39 is 88.9 Å². The molecule has 0 N–H and O–H groups in total. The Hall–Kier alpha value is -5.56. The van der Waals surface area contributed by atoms with Crippen molar-refractivity contribution in [2.75, 3.05) is 0 Å². The SMILES string of the molecule is O=[N+]([O-])c1cc(C(F)(F)F)cc([N+](=O)[O-])c1Oc1ccccc1Oc1c([N+](=O)[O-])cc(C(F)(F)F)cc1[N+](=O)[O-]. The van der Waals surface area contributed by atoms with Crippen LogP contribution in [0.25, 0.3) is 0 Å². The Balaban J connectivity index is 2.23. The number of alkyl halides is 6. The molecule has 0 unspecified atom stereocenters. The number of para-hydroxylation sites is 2. The quantitative estimate of drug-likeness (QED) is 0.154. The van der Waals surface area contributed by atoms with Crippen LogP contribution in [0.4, 0.5) is 49.1 Å². The predicted molar refractivity (Wildman–Crippen MR) is 116 cm³/mol. The van der Waals surface area contributed by atoms with E-state index in [2.05, 4.69) is 0 Å². The van der Waals surface area contributed by atoms with E-state index in [4.69, 9.17) is 9.47 Å². The molecule has 0 aliphatic rings. The van der Waals surface area contributed by atoms with Gasteiger partial charge in [-0.1, -0.05) is 12.1 Å². The summed E-state index contributed by atoms with van der Waals surface area (Å²) in [6.07, 6.45) is -10.5. The molecule has 0 aromatic heterocycles. The molecule has 0 spiro atoms.